The van der Waals surface area contributed by atoms with E-state index in [9.17, 15) is 14.7 Å². The van der Waals surface area contributed by atoms with Crippen molar-refractivity contribution < 1.29 is 14.7 Å². The van der Waals surface area contributed by atoms with Gasteiger partial charge in [0.2, 0.25) is 5.91 Å². The van der Waals surface area contributed by atoms with Crippen molar-refractivity contribution in [2.45, 2.75) is 38.1 Å². The molecule has 2 aromatic rings. The number of carboxylic acid groups (broad SMARTS) is 1. The van der Waals surface area contributed by atoms with Crippen molar-refractivity contribution in [3.05, 3.63) is 36.0 Å². The van der Waals surface area contributed by atoms with E-state index >= 15 is 0 Å². The van der Waals surface area contributed by atoms with Gasteiger partial charge in [-0.2, -0.15) is 0 Å². The molecular weight excluding hydrogens is 280 g/mol. The molecule has 1 aliphatic carbocycles. The lowest BCUT2D eigenvalue weighted by atomic mass is 10.0. The standard InChI is InChI=1S/C17H20N2O3/c20-16(11-5-1-2-6-11)19-15(17(21)22)9-12-10-18-14-8-4-3-7-13(12)14/h3-4,7-8,10-11,15,18H,1-2,5-6,9H2,(H,19,20)(H,21,22). The number of hydrogen-bond donors (Lipinski definition) is 3. The van der Waals surface area contributed by atoms with Crippen LogP contribution >= 0.6 is 0 Å². The van der Waals surface area contributed by atoms with Crippen LogP contribution in [0.4, 0.5) is 0 Å². The molecule has 0 aliphatic heterocycles. The molecule has 0 spiro atoms. The van der Waals surface area contributed by atoms with Gasteiger partial charge in [-0.25, -0.2) is 4.79 Å². The van der Waals surface area contributed by atoms with Gasteiger partial charge in [-0.3, -0.25) is 4.79 Å². The normalized spacial score (nSPS) is 16.7. The molecule has 1 fully saturated rings. The zero-order chi connectivity index (χ0) is 15.5. The summed E-state index contributed by atoms with van der Waals surface area (Å²) < 4.78 is 0. The number of carboxylic acids is 1. The van der Waals surface area contributed by atoms with Crippen molar-refractivity contribution in [2.75, 3.05) is 0 Å². The van der Waals surface area contributed by atoms with Crippen LogP contribution in [0.2, 0.25) is 0 Å². The molecule has 0 saturated heterocycles. The number of amides is 1. The number of fused-ring (bicyclic) bond motifs is 1. The summed E-state index contributed by atoms with van der Waals surface area (Å²) in [7, 11) is 0. The maximum Gasteiger partial charge on any atom is 0.326 e. The second-order valence-corrected chi connectivity index (χ2v) is 5.94. The molecule has 3 N–H and O–H groups in total. The van der Waals surface area contributed by atoms with E-state index in [1.165, 1.54) is 0 Å². The summed E-state index contributed by atoms with van der Waals surface area (Å²) in [6, 6.07) is 6.88. The van der Waals surface area contributed by atoms with Crippen LogP contribution in [0, 0.1) is 5.92 Å². The number of rotatable bonds is 5. The van der Waals surface area contributed by atoms with Crippen LogP contribution in [-0.4, -0.2) is 28.0 Å². The molecule has 1 saturated carbocycles. The van der Waals surface area contributed by atoms with E-state index < -0.39 is 12.0 Å². The average molecular weight is 300 g/mol. The third-order valence-electron chi connectivity index (χ3n) is 4.44. The minimum atomic E-state index is -0.989. The van der Waals surface area contributed by atoms with E-state index in [4.69, 9.17) is 0 Å². The predicted molar refractivity (Wildman–Crippen MR) is 83.5 cm³/mol. The number of benzene rings is 1. The number of aromatic nitrogens is 1. The van der Waals surface area contributed by atoms with Gasteiger partial charge in [0.1, 0.15) is 6.04 Å². The van der Waals surface area contributed by atoms with Crippen LogP contribution < -0.4 is 5.32 Å². The first-order valence-corrected chi connectivity index (χ1v) is 7.73. The van der Waals surface area contributed by atoms with Crippen molar-refractivity contribution in [2.24, 2.45) is 5.92 Å². The number of aromatic amines is 1. The summed E-state index contributed by atoms with van der Waals surface area (Å²) in [4.78, 5) is 26.8. The monoisotopic (exact) mass is 300 g/mol. The number of para-hydroxylation sites is 1. The highest BCUT2D eigenvalue weighted by atomic mass is 16.4. The van der Waals surface area contributed by atoms with Gasteiger partial charge in [0.25, 0.3) is 0 Å². The second-order valence-electron chi connectivity index (χ2n) is 5.94. The van der Waals surface area contributed by atoms with Crippen LogP contribution in [0.15, 0.2) is 30.5 Å². The van der Waals surface area contributed by atoms with Crippen LogP contribution in [0.25, 0.3) is 10.9 Å². The average Bonchev–Trinajstić information content (AvgIpc) is 3.16. The topological polar surface area (TPSA) is 82.2 Å². The Balaban J connectivity index is 1.74. The molecule has 1 atom stereocenters. The van der Waals surface area contributed by atoms with Crippen molar-refractivity contribution in [1.29, 1.82) is 0 Å². The first-order chi connectivity index (χ1) is 10.6. The van der Waals surface area contributed by atoms with E-state index in [1.807, 2.05) is 30.5 Å². The molecule has 1 amide bonds. The van der Waals surface area contributed by atoms with Gasteiger partial charge < -0.3 is 15.4 Å². The molecular formula is C17H20N2O3. The Bertz CT molecular complexity index is 686. The SMILES string of the molecule is O=C(NC(Cc1c[nH]c2ccccc12)C(=O)O)C1CCCC1. The summed E-state index contributed by atoms with van der Waals surface area (Å²) in [5.74, 6) is -1.13. The number of aliphatic carboxylic acids is 1. The minimum absolute atomic E-state index is 0.0233. The molecule has 3 rings (SSSR count). The van der Waals surface area contributed by atoms with Gasteiger partial charge >= 0.3 is 5.97 Å². The Hall–Kier alpha value is -2.30. The molecule has 1 aliphatic rings. The third kappa shape index (κ3) is 2.98. The van der Waals surface area contributed by atoms with E-state index in [1.54, 1.807) is 0 Å². The number of nitrogens with one attached hydrogen (secondary N) is 2. The third-order valence-corrected chi connectivity index (χ3v) is 4.44. The summed E-state index contributed by atoms with van der Waals surface area (Å²) in [6.45, 7) is 0. The maximum atomic E-state index is 12.2. The molecule has 1 aromatic carbocycles. The number of hydrogen-bond acceptors (Lipinski definition) is 2. The Labute approximate surface area is 128 Å². The van der Waals surface area contributed by atoms with Crippen molar-refractivity contribution in [1.82, 2.24) is 10.3 Å². The molecule has 0 bridgehead atoms. The fourth-order valence-electron chi connectivity index (χ4n) is 3.20. The van der Waals surface area contributed by atoms with Crippen molar-refractivity contribution in [3.8, 4) is 0 Å². The Morgan fingerprint density at radius 3 is 2.73 bits per heavy atom. The van der Waals surface area contributed by atoms with Crippen LogP contribution in [0.1, 0.15) is 31.2 Å². The van der Waals surface area contributed by atoms with Gasteiger partial charge in [0, 0.05) is 29.4 Å². The van der Waals surface area contributed by atoms with Gasteiger partial charge in [0.15, 0.2) is 0 Å². The Kier molecular flexibility index (Phi) is 4.13. The summed E-state index contributed by atoms with van der Waals surface area (Å²) >= 11 is 0. The molecule has 116 valence electrons. The fourth-order valence-corrected chi connectivity index (χ4v) is 3.20. The molecule has 0 radical (unpaired) electrons. The molecule has 1 aromatic heterocycles. The lowest BCUT2D eigenvalue weighted by Crippen LogP contribution is -2.44. The van der Waals surface area contributed by atoms with Gasteiger partial charge in [0.05, 0.1) is 0 Å². The van der Waals surface area contributed by atoms with E-state index in [0.717, 1.165) is 42.1 Å². The van der Waals surface area contributed by atoms with Crippen molar-refractivity contribution >= 4 is 22.8 Å². The molecule has 5 heteroatoms. The summed E-state index contributed by atoms with van der Waals surface area (Å²) in [5.41, 5.74) is 1.89. The Morgan fingerprint density at radius 2 is 2.00 bits per heavy atom. The zero-order valence-electron chi connectivity index (χ0n) is 12.3. The lowest BCUT2D eigenvalue weighted by Gasteiger charge is -2.17. The number of H-pyrrole nitrogens is 1. The highest BCUT2D eigenvalue weighted by Crippen LogP contribution is 2.25. The van der Waals surface area contributed by atoms with E-state index in [2.05, 4.69) is 10.3 Å². The van der Waals surface area contributed by atoms with E-state index in [0.29, 0.717) is 0 Å². The maximum absolute atomic E-state index is 12.2. The first-order valence-electron chi connectivity index (χ1n) is 7.73. The predicted octanol–water partition coefficient (Wildman–Crippen LogP) is 2.47. The summed E-state index contributed by atoms with van der Waals surface area (Å²) in [5, 5.41) is 13.1. The lowest BCUT2D eigenvalue weighted by molar-refractivity contribution is -0.142. The molecule has 5 nitrogen and oxygen atoms in total. The first kappa shape index (κ1) is 14.6. The van der Waals surface area contributed by atoms with Gasteiger partial charge in [-0.15, -0.1) is 0 Å². The molecule has 1 unspecified atom stereocenters. The second kappa shape index (κ2) is 6.22. The van der Waals surface area contributed by atoms with Gasteiger partial charge in [-0.05, 0) is 24.5 Å². The van der Waals surface area contributed by atoms with Gasteiger partial charge in [-0.1, -0.05) is 31.0 Å². The van der Waals surface area contributed by atoms with E-state index in [-0.39, 0.29) is 18.2 Å². The minimum Gasteiger partial charge on any atom is -0.480 e. The number of carbonyl (C=O) groups is 2. The molecule has 1 heterocycles. The van der Waals surface area contributed by atoms with Crippen LogP contribution in [0.3, 0.4) is 0 Å². The summed E-state index contributed by atoms with van der Waals surface area (Å²) in [6.07, 6.45) is 5.95. The highest BCUT2D eigenvalue weighted by Gasteiger charge is 2.28. The smallest absolute Gasteiger partial charge is 0.326 e. The van der Waals surface area contributed by atoms with Crippen LogP contribution in [0.5, 0.6) is 0 Å². The Morgan fingerprint density at radius 1 is 1.27 bits per heavy atom. The fraction of sp³-hybridized carbons (Fsp3) is 0.412. The van der Waals surface area contributed by atoms with Crippen molar-refractivity contribution in [3.63, 3.8) is 0 Å². The highest BCUT2D eigenvalue weighted by molar-refractivity contribution is 5.87. The quantitative estimate of drug-likeness (QED) is 0.793. The van der Waals surface area contributed by atoms with Crippen LogP contribution in [-0.2, 0) is 16.0 Å². The largest absolute Gasteiger partial charge is 0.480 e. The number of carbonyl (C=O) groups excluding carboxylic acids is 1. The zero-order valence-corrected chi connectivity index (χ0v) is 12.3. The molecule has 22 heavy (non-hydrogen) atoms.